The molecule has 2 bridgehead atoms. The molecule has 138 valence electrons. The minimum atomic E-state index is -0.932. The number of ether oxygens (including phenoxy) is 3. The van der Waals surface area contributed by atoms with Gasteiger partial charge in [-0.3, -0.25) is 0 Å². The minimum Gasteiger partial charge on any atom is -0.425 e. The molecule has 5 atom stereocenters. The molecule has 4 aliphatic rings. The summed E-state index contributed by atoms with van der Waals surface area (Å²) < 4.78 is 18.1. The van der Waals surface area contributed by atoms with Crippen molar-refractivity contribution in [3.05, 3.63) is 22.8 Å². The fraction of sp³-hybridized carbons (Fsp3) is 0.762. The van der Waals surface area contributed by atoms with Crippen LogP contribution in [0.4, 0.5) is 0 Å². The third-order valence-electron chi connectivity index (χ3n) is 7.48. The predicted molar refractivity (Wildman–Crippen MR) is 94.9 cm³/mol. The highest BCUT2D eigenvalue weighted by molar-refractivity contribution is 5.92. The van der Waals surface area contributed by atoms with Gasteiger partial charge in [0.15, 0.2) is 0 Å². The molecule has 4 heteroatoms. The summed E-state index contributed by atoms with van der Waals surface area (Å²) in [7, 11) is 1.66. The quantitative estimate of drug-likeness (QED) is 0.525. The molecule has 2 saturated heterocycles. The molecule has 4 rings (SSSR count). The second-order valence-corrected chi connectivity index (χ2v) is 8.94. The highest BCUT2D eigenvalue weighted by Crippen LogP contribution is 2.62. The summed E-state index contributed by atoms with van der Waals surface area (Å²) in [6.45, 7) is 8.65. The van der Waals surface area contributed by atoms with Crippen LogP contribution in [0.3, 0.4) is 0 Å². The van der Waals surface area contributed by atoms with E-state index >= 15 is 0 Å². The second-order valence-electron chi connectivity index (χ2n) is 8.94. The van der Waals surface area contributed by atoms with Crippen molar-refractivity contribution in [2.75, 3.05) is 7.11 Å². The van der Waals surface area contributed by atoms with Gasteiger partial charge >= 0.3 is 5.97 Å². The van der Waals surface area contributed by atoms with Crippen molar-refractivity contribution in [3.63, 3.8) is 0 Å². The van der Waals surface area contributed by atoms with Crippen LogP contribution in [0.2, 0.25) is 0 Å². The average Bonchev–Trinajstić information content (AvgIpc) is 3.12. The third kappa shape index (κ3) is 2.30. The summed E-state index contributed by atoms with van der Waals surface area (Å²) >= 11 is 0. The summed E-state index contributed by atoms with van der Waals surface area (Å²) in [4.78, 5) is 12.4. The first-order chi connectivity index (χ1) is 11.7. The van der Waals surface area contributed by atoms with Crippen LogP contribution in [-0.4, -0.2) is 30.6 Å². The van der Waals surface area contributed by atoms with Gasteiger partial charge in [0.25, 0.3) is 0 Å². The summed E-state index contributed by atoms with van der Waals surface area (Å²) in [5.74, 6) is -0.780. The number of esters is 1. The highest BCUT2D eigenvalue weighted by atomic mass is 16.7. The largest absolute Gasteiger partial charge is 0.425 e. The van der Waals surface area contributed by atoms with E-state index < -0.39 is 5.79 Å². The molecule has 4 nitrogen and oxygen atoms in total. The van der Waals surface area contributed by atoms with Gasteiger partial charge in [0, 0.05) is 24.7 Å². The molecule has 0 radical (unpaired) electrons. The van der Waals surface area contributed by atoms with Crippen LogP contribution in [0.25, 0.3) is 0 Å². The zero-order valence-corrected chi connectivity index (χ0v) is 16.1. The van der Waals surface area contributed by atoms with E-state index in [0.717, 1.165) is 43.3 Å². The lowest BCUT2D eigenvalue weighted by Gasteiger charge is -2.44. The zero-order valence-electron chi connectivity index (χ0n) is 16.1. The molecule has 0 aromatic carbocycles. The number of hydrogen-bond acceptors (Lipinski definition) is 4. The Bertz CT molecular complexity index is 677. The van der Waals surface area contributed by atoms with Gasteiger partial charge in [-0.25, -0.2) is 4.79 Å². The highest BCUT2D eigenvalue weighted by Gasteiger charge is 2.63. The first kappa shape index (κ1) is 17.3. The van der Waals surface area contributed by atoms with Crippen LogP contribution in [0.15, 0.2) is 22.8 Å². The molecule has 0 spiro atoms. The zero-order chi connectivity index (χ0) is 18.0. The molecule has 1 aliphatic carbocycles. The third-order valence-corrected chi connectivity index (χ3v) is 7.48. The standard InChI is InChI=1S/C21H30O4/c1-13-7-6-9-19(3)16(20(4)10-8-17(19)24-20)11-15-14(2)18(22)25-21(15,12-13)23-5/h7,16-17H,6,8-12H2,1-5H3/b13-7+/t16-,17?,19-,20?,21+/m1/s1. The number of fused-ring (bicyclic) bond motifs is 6. The molecule has 25 heavy (non-hydrogen) atoms. The summed E-state index contributed by atoms with van der Waals surface area (Å²) in [6.07, 6.45) is 8.49. The number of carbonyl (C=O) groups is 1. The van der Waals surface area contributed by atoms with Crippen LogP contribution in [0.5, 0.6) is 0 Å². The van der Waals surface area contributed by atoms with Crippen LogP contribution in [0, 0.1) is 11.3 Å². The lowest BCUT2D eigenvalue weighted by Crippen LogP contribution is -2.45. The molecule has 0 saturated carbocycles. The monoisotopic (exact) mass is 346 g/mol. The van der Waals surface area contributed by atoms with Crippen molar-refractivity contribution in [2.24, 2.45) is 11.3 Å². The number of hydrogen-bond donors (Lipinski definition) is 0. The number of allylic oxidation sites excluding steroid dienone is 1. The molecule has 0 aromatic heterocycles. The Labute approximate surface area is 150 Å². The fourth-order valence-electron chi connectivity index (χ4n) is 5.95. The molecule has 0 amide bonds. The van der Waals surface area contributed by atoms with Crippen LogP contribution in [0.1, 0.15) is 66.2 Å². The van der Waals surface area contributed by atoms with Crippen molar-refractivity contribution >= 4 is 5.97 Å². The molecule has 2 unspecified atom stereocenters. The van der Waals surface area contributed by atoms with E-state index in [-0.39, 0.29) is 17.0 Å². The van der Waals surface area contributed by atoms with Gasteiger partial charge in [0.2, 0.25) is 5.79 Å². The first-order valence-corrected chi connectivity index (χ1v) is 9.56. The van der Waals surface area contributed by atoms with Gasteiger partial charge in [-0.2, -0.15) is 0 Å². The predicted octanol–water partition coefficient (Wildman–Crippen LogP) is 4.30. The van der Waals surface area contributed by atoms with E-state index in [1.54, 1.807) is 7.11 Å². The molecule has 2 fully saturated rings. The molecule has 3 aliphatic heterocycles. The molecule has 0 aromatic rings. The topological polar surface area (TPSA) is 44.8 Å². The molecular formula is C21H30O4. The van der Waals surface area contributed by atoms with Crippen LogP contribution >= 0.6 is 0 Å². The first-order valence-electron chi connectivity index (χ1n) is 9.56. The SMILES string of the molecule is CO[C@]12C/C(C)=C/CC[C@@]3(C)C4CCC(C)(O4)[C@@H]3CC1=C(C)C(=O)O2. The van der Waals surface area contributed by atoms with Crippen molar-refractivity contribution in [2.45, 2.75) is 83.7 Å². The van der Waals surface area contributed by atoms with Gasteiger partial charge in [-0.05, 0) is 64.2 Å². The maximum atomic E-state index is 12.4. The van der Waals surface area contributed by atoms with Crippen molar-refractivity contribution in [3.8, 4) is 0 Å². The van der Waals surface area contributed by atoms with E-state index in [1.807, 2.05) is 6.92 Å². The van der Waals surface area contributed by atoms with Gasteiger partial charge in [-0.15, -0.1) is 0 Å². The normalized spacial score (nSPS) is 48.7. The Morgan fingerprint density at radius 2 is 2.00 bits per heavy atom. The maximum Gasteiger partial charge on any atom is 0.336 e. The van der Waals surface area contributed by atoms with Crippen LogP contribution < -0.4 is 0 Å². The van der Waals surface area contributed by atoms with Gasteiger partial charge in [0.05, 0.1) is 11.7 Å². The number of methoxy groups -OCH3 is 1. The lowest BCUT2D eigenvalue weighted by molar-refractivity contribution is -0.193. The Kier molecular flexibility index (Phi) is 3.76. The number of carbonyl (C=O) groups excluding carboxylic acids is 1. The van der Waals surface area contributed by atoms with E-state index in [1.165, 1.54) is 5.57 Å². The lowest BCUT2D eigenvalue weighted by atomic mass is 9.58. The van der Waals surface area contributed by atoms with Gasteiger partial charge in [0.1, 0.15) is 0 Å². The van der Waals surface area contributed by atoms with Gasteiger partial charge < -0.3 is 14.2 Å². The minimum absolute atomic E-state index is 0.101. The van der Waals surface area contributed by atoms with Crippen molar-refractivity contribution < 1.29 is 19.0 Å². The molecule has 3 heterocycles. The fourth-order valence-corrected chi connectivity index (χ4v) is 5.95. The van der Waals surface area contributed by atoms with E-state index in [0.29, 0.717) is 18.4 Å². The molecular weight excluding hydrogens is 316 g/mol. The Morgan fingerprint density at radius 1 is 1.24 bits per heavy atom. The second kappa shape index (κ2) is 5.43. The Hall–Kier alpha value is -1.13. The Balaban J connectivity index is 1.83. The summed E-state index contributed by atoms with van der Waals surface area (Å²) in [5, 5.41) is 0. The van der Waals surface area contributed by atoms with Gasteiger partial charge in [-0.1, -0.05) is 18.6 Å². The van der Waals surface area contributed by atoms with E-state index in [4.69, 9.17) is 14.2 Å². The van der Waals surface area contributed by atoms with Crippen LogP contribution in [-0.2, 0) is 19.0 Å². The van der Waals surface area contributed by atoms with Crippen molar-refractivity contribution in [1.29, 1.82) is 0 Å². The van der Waals surface area contributed by atoms with E-state index in [9.17, 15) is 4.79 Å². The maximum absolute atomic E-state index is 12.4. The summed E-state index contributed by atoms with van der Waals surface area (Å²) in [6, 6.07) is 0. The number of rotatable bonds is 1. The summed E-state index contributed by atoms with van der Waals surface area (Å²) in [5.41, 5.74) is 3.02. The van der Waals surface area contributed by atoms with Crippen molar-refractivity contribution in [1.82, 2.24) is 0 Å². The Morgan fingerprint density at radius 3 is 2.72 bits per heavy atom. The van der Waals surface area contributed by atoms with E-state index in [2.05, 4.69) is 26.8 Å². The average molecular weight is 346 g/mol. The molecule has 0 N–H and O–H groups in total. The smallest absolute Gasteiger partial charge is 0.336 e.